The van der Waals surface area contributed by atoms with Gasteiger partial charge in [0.15, 0.2) is 5.56 Å². The van der Waals surface area contributed by atoms with Gasteiger partial charge in [0.25, 0.3) is 11.5 Å². The minimum atomic E-state index is -0.593. The number of pyridine rings is 1. The number of nitrogens with one attached hydrogen (secondary N) is 1. The van der Waals surface area contributed by atoms with E-state index in [0.717, 1.165) is 18.4 Å². The average Bonchev–Trinajstić information content (AvgIpc) is 2.40. The van der Waals surface area contributed by atoms with E-state index < -0.39 is 17.3 Å². The zero-order valence-electron chi connectivity index (χ0n) is 11.5. The van der Waals surface area contributed by atoms with Crippen LogP contribution in [0.3, 0.4) is 0 Å². The lowest BCUT2D eigenvalue weighted by atomic mass is 10.2. The second-order valence-corrected chi connectivity index (χ2v) is 4.61. The molecule has 20 heavy (non-hydrogen) atoms. The van der Waals surface area contributed by atoms with E-state index in [4.69, 9.17) is 0 Å². The predicted molar refractivity (Wildman–Crippen MR) is 75.1 cm³/mol. The third kappa shape index (κ3) is 2.49. The van der Waals surface area contributed by atoms with Crippen molar-refractivity contribution in [3.8, 4) is 5.88 Å². The van der Waals surface area contributed by atoms with Gasteiger partial charge in [0.05, 0.1) is 0 Å². The lowest BCUT2D eigenvalue weighted by molar-refractivity contribution is 0.0948. The van der Waals surface area contributed by atoms with Crippen molar-refractivity contribution in [1.82, 2.24) is 14.7 Å². The van der Waals surface area contributed by atoms with Crippen LogP contribution < -0.4 is 10.9 Å². The van der Waals surface area contributed by atoms with E-state index in [0.29, 0.717) is 12.2 Å². The van der Waals surface area contributed by atoms with Crippen molar-refractivity contribution in [2.24, 2.45) is 0 Å². The molecule has 106 valence electrons. The molecule has 2 aromatic heterocycles. The Hall–Kier alpha value is -2.37. The van der Waals surface area contributed by atoms with Crippen molar-refractivity contribution in [2.75, 3.05) is 6.54 Å². The fourth-order valence-corrected chi connectivity index (χ4v) is 1.95. The molecule has 0 fully saturated rings. The number of nitrogens with zero attached hydrogens (tertiary/aromatic N) is 2. The molecule has 2 aromatic rings. The molecule has 0 spiro atoms. The molecule has 0 aromatic carbocycles. The summed E-state index contributed by atoms with van der Waals surface area (Å²) in [6.45, 7) is 4.24. The second kappa shape index (κ2) is 5.73. The Balaban J connectivity index is 2.49. The fourth-order valence-electron chi connectivity index (χ4n) is 1.95. The molecule has 0 radical (unpaired) electrons. The number of aryl methyl sites for hydroxylation is 1. The molecule has 1 amide bonds. The van der Waals surface area contributed by atoms with E-state index in [2.05, 4.69) is 10.3 Å². The highest BCUT2D eigenvalue weighted by Crippen LogP contribution is 2.13. The first-order chi connectivity index (χ1) is 9.56. The molecule has 6 nitrogen and oxygen atoms in total. The van der Waals surface area contributed by atoms with E-state index in [-0.39, 0.29) is 5.56 Å². The van der Waals surface area contributed by atoms with E-state index in [1.165, 1.54) is 10.6 Å². The van der Waals surface area contributed by atoms with Gasteiger partial charge in [-0.15, -0.1) is 0 Å². The Morgan fingerprint density at radius 3 is 2.95 bits per heavy atom. The topological polar surface area (TPSA) is 83.7 Å². The van der Waals surface area contributed by atoms with Crippen molar-refractivity contribution in [3.63, 3.8) is 0 Å². The van der Waals surface area contributed by atoms with Crippen LogP contribution in [0.4, 0.5) is 0 Å². The van der Waals surface area contributed by atoms with Crippen LogP contribution in [0.1, 0.15) is 35.7 Å². The molecule has 0 aliphatic carbocycles. The van der Waals surface area contributed by atoms with Crippen LogP contribution in [0.5, 0.6) is 5.88 Å². The lowest BCUT2D eigenvalue weighted by Crippen LogP contribution is -2.32. The minimum Gasteiger partial charge on any atom is -0.493 e. The molecule has 0 aliphatic heterocycles. The third-order valence-electron chi connectivity index (χ3n) is 3.07. The highest BCUT2D eigenvalue weighted by molar-refractivity contribution is 5.96. The molecule has 0 unspecified atom stereocenters. The van der Waals surface area contributed by atoms with Gasteiger partial charge in [-0.2, -0.15) is 4.98 Å². The zero-order valence-corrected chi connectivity index (χ0v) is 11.5. The largest absolute Gasteiger partial charge is 0.493 e. The summed E-state index contributed by atoms with van der Waals surface area (Å²) in [5.41, 5.74) is 0.215. The molecule has 2 N–H and O–H groups in total. The number of rotatable bonds is 4. The molecular weight excluding hydrogens is 258 g/mol. The molecule has 0 saturated carbocycles. The van der Waals surface area contributed by atoms with Crippen LogP contribution in [0.15, 0.2) is 23.1 Å². The lowest BCUT2D eigenvalue weighted by Gasteiger charge is -2.08. The van der Waals surface area contributed by atoms with Crippen LogP contribution in [0.2, 0.25) is 0 Å². The maximum Gasteiger partial charge on any atom is 0.274 e. The SMILES string of the molecule is CCCCNC(=O)c1c(O)nc2c(C)cccn2c1=O. The van der Waals surface area contributed by atoms with Crippen LogP contribution in [-0.4, -0.2) is 26.9 Å². The number of fused-ring (bicyclic) bond motifs is 1. The Bertz CT molecular complexity index is 707. The first-order valence-corrected chi connectivity index (χ1v) is 6.55. The Morgan fingerprint density at radius 1 is 1.50 bits per heavy atom. The van der Waals surface area contributed by atoms with Crippen molar-refractivity contribution >= 4 is 11.6 Å². The quantitative estimate of drug-likeness (QED) is 0.822. The number of amides is 1. The van der Waals surface area contributed by atoms with Gasteiger partial charge in [-0.1, -0.05) is 19.4 Å². The summed E-state index contributed by atoms with van der Waals surface area (Å²) in [7, 11) is 0. The Labute approximate surface area is 116 Å². The van der Waals surface area contributed by atoms with Crippen molar-refractivity contribution in [2.45, 2.75) is 26.7 Å². The Morgan fingerprint density at radius 2 is 2.25 bits per heavy atom. The number of unbranched alkanes of at least 4 members (excludes halogenated alkanes) is 1. The minimum absolute atomic E-state index is 0.316. The molecule has 6 heteroatoms. The molecule has 0 bridgehead atoms. The van der Waals surface area contributed by atoms with Gasteiger partial charge in [-0.3, -0.25) is 14.0 Å². The zero-order chi connectivity index (χ0) is 14.7. The van der Waals surface area contributed by atoms with Crippen LogP contribution in [0.25, 0.3) is 5.65 Å². The summed E-state index contributed by atoms with van der Waals surface area (Å²) in [6, 6.07) is 3.48. The summed E-state index contributed by atoms with van der Waals surface area (Å²) in [5.74, 6) is -1.12. The smallest absolute Gasteiger partial charge is 0.274 e. The molecule has 2 rings (SSSR count). The summed E-state index contributed by atoms with van der Waals surface area (Å²) < 4.78 is 1.27. The number of hydrogen-bond acceptors (Lipinski definition) is 4. The van der Waals surface area contributed by atoms with Gasteiger partial charge in [0, 0.05) is 12.7 Å². The predicted octanol–water partition coefficient (Wildman–Crippen LogP) is 1.24. The van der Waals surface area contributed by atoms with E-state index in [1.54, 1.807) is 19.1 Å². The van der Waals surface area contributed by atoms with E-state index in [1.807, 2.05) is 6.92 Å². The highest BCUT2D eigenvalue weighted by atomic mass is 16.3. The van der Waals surface area contributed by atoms with Crippen LogP contribution >= 0.6 is 0 Å². The first-order valence-electron chi connectivity index (χ1n) is 6.55. The van der Waals surface area contributed by atoms with Gasteiger partial charge in [0.1, 0.15) is 5.65 Å². The monoisotopic (exact) mass is 275 g/mol. The van der Waals surface area contributed by atoms with E-state index in [9.17, 15) is 14.7 Å². The molecule has 0 atom stereocenters. The number of hydrogen-bond donors (Lipinski definition) is 2. The van der Waals surface area contributed by atoms with Gasteiger partial charge >= 0.3 is 0 Å². The summed E-state index contributed by atoms with van der Waals surface area (Å²) in [4.78, 5) is 28.2. The van der Waals surface area contributed by atoms with Crippen LogP contribution in [0, 0.1) is 6.92 Å². The Kier molecular flexibility index (Phi) is 4.02. The average molecular weight is 275 g/mol. The van der Waals surface area contributed by atoms with Crippen molar-refractivity contribution in [1.29, 1.82) is 0 Å². The van der Waals surface area contributed by atoms with Gasteiger partial charge < -0.3 is 10.4 Å². The third-order valence-corrected chi connectivity index (χ3v) is 3.07. The van der Waals surface area contributed by atoms with E-state index >= 15 is 0 Å². The first kappa shape index (κ1) is 14.0. The number of aromatic hydroxyl groups is 1. The summed E-state index contributed by atoms with van der Waals surface area (Å²) >= 11 is 0. The number of carbonyl (C=O) groups excluding carboxylic acids is 1. The normalized spacial score (nSPS) is 10.7. The molecular formula is C14H17N3O3. The van der Waals surface area contributed by atoms with Gasteiger partial charge in [-0.25, -0.2) is 0 Å². The maximum atomic E-state index is 12.3. The summed E-state index contributed by atoms with van der Waals surface area (Å²) in [5, 5.41) is 12.5. The van der Waals surface area contributed by atoms with Crippen molar-refractivity contribution in [3.05, 3.63) is 39.8 Å². The number of carbonyl (C=O) groups is 1. The highest BCUT2D eigenvalue weighted by Gasteiger charge is 2.19. The molecule has 0 saturated heterocycles. The summed E-state index contributed by atoms with van der Waals surface area (Å²) in [6.07, 6.45) is 3.27. The van der Waals surface area contributed by atoms with Gasteiger partial charge in [-0.05, 0) is 25.0 Å². The van der Waals surface area contributed by atoms with Crippen LogP contribution in [-0.2, 0) is 0 Å². The van der Waals surface area contributed by atoms with Crippen molar-refractivity contribution < 1.29 is 9.90 Å². The molecule has 2 heterocycles. The fraction of sp³-hybridized carbons (Fsp3) is 0.357. The second-order valence-electron chi connectivity index (χ2n) is 4.61. The number of aromatic nitrogens is 2. The maximum absolute atomic E-state index is 12.3. The molecule has 0 aliphatic rings. The standard InChI is InChI=1S/C14H17N3O3/c1-3-4-7-15-12(18)10-13(19)16-11-9(2)6-5-8-17(11)14(10)20/h5-6,8,19H,3-4,7H2,1-2H3,(H,15,18). The van der Waals surface area contributed by atoms with Gasteiger partial charge in [0.2, 0.25) is 5.88 Å².